The molecule has 128 valence electrons. The lowest BCUT2D eigenvalue weighted by Gasteiger charge is -2.18. The van der Waals surface area contributed by atoms with Gasteiger partial charge < -0.3 is 15.0 Å². The second-order valence-electron chi connectivity index (χ2n) is 6.03. The number of anilines is 2. The average molecular weight is 346 g/mol. The van der Waals surface area contributed by atoms with Crippen LogP contribution in [0.1, 0.15) is 15.4 Å². The Morgan fingerprint density at radius 3 is 2.96 bits per heavy atom. The van der Waals surface area contributed by atoms with Crippen LogP contribution in [0.15, 0.2) is 24.4 Å². The van der Waals surface area contributed by atoms with E-state index < -0.39 is 0 Å². The minimum absolute atomic E-state index is 0.275. The first-order valence-electron chi connectivity index (χ1n) is 7.90. The third-order valence-electron chi connectivity index (χ3n) is 3.86. The van der Waals surface area contributed by atoms with E-state index in [0.717, 1.165) is 28.5 Å². The highest BCUT2D eigenvalue weighted by molar-refractivity contribution is 7.11. The molecule has 2 heterocycles. The largest absolute Gasteiger partial charge is 0.447 e. The Morgan fingerprint density at radius 1 is 1.42 bits per heavy atom. The molecule has 2 aromatic rings. The molecule has 0 spiro atoms. The number of thiazole rings is 1. The fourth-order valence-electron chi connectivity index (χ4n) is 2.70. The Balaban J connectivity index is 1.69. The van der Waals surface area contributed by atoms with Crippen LogP contribution in [0.5, 0.6) is 0 Å². The summed E-state index contributed by atoms with van der Waals surface area (Å²) in [6.45, 7) is 4.64. The molecule has 24 heavy (non-hydrogen) atoms. The van der Waals surface area contributed by atoms with Gasteiger partial charge in [0.15, 0.2) is 0 Å². The molecule has 1 aromatic heterocycles. The zero-order valence-electron chi connectivity index (χ0n) is 14.2. The molecule has 1 fully saturated rings. The standard InChI is InChI=1S/C17H22N4O2S/c1-12-14(5-4-6-15(12)21-7-8-23-17(21)22)18-10-16-19-9-13(24-16)11-20(2)3/h4-6,9,18H,7-8,10-11H2,1-3H3. The molecule has 1 aliphatic heterocycles. The summed E-state index contributed by atoms with van der Waals surface area (Å²) in [6.07, 6.45) is 1.66. The average Bonchev–Trinajstić information content (AvgIpc) is 3.15. The van der Waals surface area contributed by atoms with Crippen molar-refractivity contribution < 1.29 is 9.53 Å². The molecule has 1 amide bonds. The third kappa shape index (κ3) is 3.68. The number of carbonyl (C=O) groups is 1. The molecule has 1 saturated heterocycles. The van der Waals surface area contributed by atoms with Gasteiger partial charge in [0.25, 0.3) is 0 Å². The lowest BCUT2D eigenvalue weighted by molar-refractivity contribution is 0.181. The van der Waals surface area contributed by atoms with Crippen molar-refractivity contribution in [3.8, 4) is 0 Å². The summed E-state index contributed by atoms with van der Waals surface area (Å²) in [6, 6.07) is 5.93. The van der Waals surface area contributed by atoms with E-state index in [2.05, 4.69) is 29.3 Å². The summed E-state index contributed by atoms with van der Waals surface area (Å²) in [5.74, 6) is 0. The van der Waals surface area contributed by atoms with E-state index in [4.69, 9.17) is 4.74 Å². The topological polar surface area (TPSA) is 57.7 Å². The van der Waals surface area contributed by atoms with Gasteiger partial charge in [0.2, 0.25) is 0 Å². The van der Waals surface area contributed by atoms with Crippen LogP contribution >= 0.6 is 11.3 Å². The summed E-state index contributed by atoms with van der Waals surface area (Å²) in [5.41, 5.74) is 2.95. The SMILES string of the molecule is Cc1c(NCc2ncc(CN(C)C)s2)cccc1N1CCOC1=O. The Morgan fingerprint density at radius 2 is 2.25 bits per heavy atom. The predicted octanol–water partition coefficient (Wildman–Crippen LogP) is 3.08. The first-order chi connectivity index (χ1) is 11.5. The zero-order valence-corrected chi connectivity index (χ0v) is 15.0. The van der Waals surface area contributed by atoms with Gasteiger partial charge >= 0.3 is 6.09 Å². The van der Waals surface area contributed by atoms with E-state index in [-0.39, 0.29) is 6.09 Å². The molecule has 0 atom stereocenters. The van der Waals surface area contributed by atoms with E-state index in [1.165, 1.54) is 4.88 Å². The monoisotopic (exact) mass is 346 g/mol. The van der Waals surface area contributed by atoms with Crippen molar-refractivity contribution in [1.82, 2.24) is 9.88 Å². The summed E-state index contributed by atoms with van der Waals surface area (Å²) in [5, 5.41) is 4.48. The van der Waals surface area contributed by atoms with Crippen LogP contribution < -0.4 is 10.2 Å². The van der Waals surface area contributed by atoms with Crippen molar-refractivity contribution in [2.45, 2.75) is 20.0 Å². The van der Waals surface area contributed by atoms with Crippen LogP contribution in [0.4, 0.5) is 16.2 Å². The summed E-state index contributed by atoms with van der Waals surface area (Å²) >= 11 is 1.72. The van der Waals surface area contributed by atoms with E-state index in [1.807, 2.05) is 31.3 Å². The van der Waals surface area contributed by atoms with Crippen LogP contribution in [0, 0.1) is 6.92 Å². The molecule has 6 nitrogen and oxygen atoms in total. The van der Waals surface area contributed by atoms with Gasteiger partial charge in [0, 0.05) is 23.3 Å². The van der Waals surface area contributed by atoms with Gasteiger partial charge in [-0.15, -0.1) is 11.3 Å². The van der Waals surface area contributed by atoms with Crippen LogP contribution in [0.3, 0.4) is 0 Å². The molecule has 1 aliphatic rings. The quantitative estimate of drug-likeness (QED) is 0.871. The number of aromatic nitrogens is 1. The van der Waals surface area contributed by atoms with Crippen molar-refractivity contribution >= 4 is 28.8 Å². The molecule has 0 aliphatic carbocycles. The molecule has 0 saturated carbocycles. The molecule has 0 radical (unpaired) electrons. The number of hydrogen-bond donors (Lipinski definition) is 1. The predicted molar refractivity (Wildman–Crippen MR) is 96.7 cm³/mol. The maximum atomic E-state index is 11.8. The van der Waals surface area contributed by atoms with Crippen molar-refractivity contribution in [1.29, 1.82) is 0 Å². The van der Waals surface area contributed by atoms with Gasteiger partial charge in [-0.2, -0.15) is 0 Å². The smallest absolute Gasteiger partial charge is 0.414 e. The van der Waals surface area contributed by atoms with E-state index in [9.17, 15) is 4.79 Å². The van der Waals surface area contributed by atoms with Gasteiger partial charge in [0.05, 0.1) is 18.8 Å². The number of amides is 1. The fraction of sp³-hybridized carbons (Fsp3) is 0.412. The van der Waals surface area contributed by atoms with Gasteiger partial charge in [-0.1, -0.05) is 6.07 Å². The normalized spacial score (nSPS) is 14.3. The number of cyclic esters (lactones) is 1. The molecule has 7 heteroatoms. The van der Waals surface area contributed by atoms with Crippen LogP contribution in [-0.4, -0.2) is 43.2 Å². The molecule has 1 N–H and O–H groups in total. The number of nitrogens with one attached hydrogen (secondary N) is 1. The molecule has 1 aromatic carbocycles. The molecule has 0 unspecified atom stereocenters. The number of benzene rings is 1. The summed E-state index contributed by atoms with van der Waals surface area (Å²) in [4.78, 5) is 21.3. The highest BCUT2D eigenvalue weighted by Gasteiger charge is 2.25. The van der Waals surface area contributed by atoms with Crippen LogP contribution in [0.2, 0.25) is 0 Å². The highest BCUT2D eigenvalue weighted by atomic mass is 32.1. The van der Waals surface area contributed by atoms with Crippen molar-refractivity contribution in [3.63, 3.8) is 0 Å². The van der Waals surface area contributed by atoms with Gasteiger partial charge in [-0.25, -0.2) is 9.78 Å². The van der Waals surface area contributed by atoms with Crippen molar-refractivity contribution in [3.05, 3.63) is 39.8 Å². The number of ether oxygens (including phenoxy) is 1. The lowest BCUT2D eigenvalue weighted by Crippen LogP contribution is -2.24. The van der Waals surface area contributed by atoms with Crippen molar-refractivity contribution in [2.75, 3.05) is 37.5 Å². The van der Waals surface area contributed by atoms with Gasteiger partial charge in [-0.05, 0) is 38.7 Å². The highest BCUT2D eigenvalue weighted by Crippen LogP contribution is 2.29. The first-order valence-corrected chi connectivity index (χ1v) is 8.72. The minimum Gasteiger partial charge on any atom is -0.447 e. The number of carbonyl (C=O) groups excluding carboxylic acids is 1. The van der Waals surface area contributed by atoms with E-state index in [1.54, 1.807) is 16.2 Å². The third-order valence-corrected chi connectivity index (χ3v) is 4.84. The number of nitrogens with zero attached hydrogens (tertiary/aromatic N) is 3. The second-order valence-corrected chi connectivity index (χ2v) is 7.23. The fourth-order valence-corrected chi connectivity index (χ4v) is 3.69. The van der Waals surface area contributed by atoms with E-state index >= 15 is 0 Å². The van der Waals surface area contributed by atoms with Gasteiger partial charge in [-0.3, -0.25) is 4.90 Å². The van der Waals surface area contributed by atoms with E-state index in [0.29, 0.717) is 19.7 Å². The van der Waals surface area contributed by atoms with Crippen molar-refractivity contribution in [2.24, 2.45) is 0 Å². The Kier molecular flexibility index (Phi) is 5.01. The number of rotatable bonds is 6. The summed E-state index contributed by atoms with van der Waals surface area (Å²) in [7, 11) is 4.10. The number of hydrogen-bond acceptors (Lipinski definition) is 6. The zero-order chi connectivity index (χ0) is 17.1. The lowest BCUT2D eigenvalue weighted by atomic mass is 10.1. The molecule has 3 rings (SSSR count). The Labute approximate surface area is 146 Å². The first kappa shape index (κ1) is 16.7. The van der Waals surface area contributed by atoms with Crippen LogP contribution in [-0.2, 0) is 17.8 Å². The minimum atomic E-state index is -0.275. The Bertz CT molecular complexity index is 729. The summed E-state index contributed by atoms with van der Waals surface area (Å²) < 4.78 is 5.03. The van der Waals surface area contributed by atoms with Crippen LogP contribution in [0.25, 0.3) is 0 Å². The van der Waals surface area contributed by atoms with Gasteiger partial charge in [0.1, 0.15) is 11.6 Å². The maximum Gasteiger partial charge on any atom is 0.414 e. The molecular formula is C17H22N4O2S. The molecule has 0 bridgehead atoms. The maximum absolute atomic E-state index is 11.8. The second kappa shape index (κ2) is 7.19. The Hall–Kier alpha value is -2.12. The molecular weight excluding hydrogens is 324 g/mol.